The van der Waals surface area contributed by atoms with Gasteiger partial charge in [-0.3, -0.25) is 29.2 Å². The molecule has 0 radical (unpaired) electrons. The Hall–Kier alpha value is -1.82. The summed E-state index contributed by atoms with van der Waals surface area (Å²) < 4.78 is 0. The number of nitrogens with zero attached hydrogens (tertiary/aromatic N) is 6. The molecule has 0 aromatic heterocycles. The second kappa shape index (κ2) is 14.3. The molecule has 0 bridgehead atoms. The van der Waals surface area contributed by atoms with E-state index in [1.165, 1.54) is 0 Å². The first kappa shape index (κ1) is 27.2. The van der Waals surface area contributed by atoms with Crippen molar-refractivity contribution in [2.24, 2.45) is 21.5 Å². The summed E-state index contributed by atoms with van der Waals surface area (Å²) in [4.78, 5) is 53.8. The fourth-order valence-electron chi connectivity index (χ4n) is 3.37. The molecule has 2 N–H and O–H groups in total. The minimum atomic E-state index is -0.426. The summed E-state index contributed by atoms with van der Waals surface area (Å²) in [5, 5.41) is 5.95. The van der Waals surface area contributed by atoms with Crippen LogP contribution in [0.4, 0.5) is 0 Å². The van der Waals surface area contributed by atoms with Crippen molar-refractivity contribution in [3.05, 3.63) is 9.81 Å². The van der Waals surface area contributed by atoms with Gasteiger partial charge in [0.25, 0.3) is 0 Å². The van der Waals surface area contributed by atoms with Crippen molar-refractivity contribution in [3.63, 3.8) is 0 Å². The number of hydrogen-bond acceptors (Lipinski definition) is 10. The average Bonchev–Trinajstić information content (AvgIpc) is 2.69. The molecule has 1 aliphatic rings. The Bertz CT molecular complexity index is 582. The van der Waals surface area contributed by atoms with Crippen molar-refractivity contribution in [1.29, 1.82) is 0 Å². The highest BCUT2D eigenvalue weighted by Gasteiger charge is 2.25. The van der Waals surface area contributed by atoms with Crippen molar-refractivity contribution in [2.45, 2.75) is 20.8 Å². The molecule has 0 aliphatic carbocycles. The Morgan fingerprint density at radius 2 is 1.06 bits per heavy atom. The number of carbonyl (C=O) groups excluding carboxylic acids is 2. The van der Waals surface area contributed by atoms with E-state index < -0.39 is 11.3 Å². The SMILES string of the molecule is CC(C)(C)C(=O)CN1CCN(CCN=O)CCN(CCN=O)CCN(CC(N)=O)CC1. The lowest BCUT2D eigenvalue weighted by molar-refractivity contribution is -0.127. The first-order valence-electron chi connectivity index (χ1n) is 10.9. The molecule has 178 valence electrons. The first-order chi connectivity index (χ1) is 14.7. The Morgan fingerprint density at radius 3 is 1.39 bits per heavy atom. The summed E-state index contributed by atoms with van der Waals surface area (Å²) in [6.07, 6.45) is 0. The molecule has 1 fully saturated rings. The lowest BCUT2D eigenvalue weighted by Crippen LogP contribution is -2.49. The molecule has 1 amide bonds. The van der Waals surface area contributed by atoms with Crippen LogP contribution in [0.2, 0.25) is 0 Å². The van der Waals surface area contributed by atoms with Crippen LogP contribution in [0.25, 0.3) is 0 Å². The van der Waals surface area contributed by atoms with Crippen LogP contribution in [-0.2, 0) is 9.59 Å². The Labute approximate surface area is 185 Å². The van der Waals surface area contributed by atoms with Crippen LogP contribution < -0.4 is 5.73 Å². The summed E-state index contributed by atoms with van der Waals surface area (Å²) in [6, 6.07) is 0. The lowest BCUT2D eigenvalue weighted by atomic mass is 9.90. The molecule has 1 aliphatic heterocycles. The van der Waals surface area contributed by atoms with Crippen LogP contribution in [0.5, 0.6) is 0 Å². The molecule has 11 nitrogen and oxygen atoms in total. The van der Waals surface area contributed by atoms with Gasteiger partial charge in [0, 0.05) is 70.9 Å². The molecular weight excluding hydrogens is 402 g/mol. The number of amides is 1. The number of nitroso groups, excluding NO2 is 2. The molecule has 1 rings (SSSR count). The van der Waals surface area contributed by atoms with Crippen molar-refractivity contribution in [3.8, 4) is 0 Å². The molecule has 1 heterocycles. The number of carbonyl (C=O) groups is 2. The second-order valence-electron chi connectivity index (χ2n) is 9.08. The van der Waals surface area contributed by atoms with Gasteiger partial charge >= 0.3 is 0 Å². The van der Waals surface area contributed by atoms with Gasteiger partial charge in [-0.1, -0.05) is 31.1 Å². The third-order valence-corrected chi connectivity index (χ3v) is 5.53. The average molecular weight is 442 g/mol. The normalized spacial score (nSPS) is 19.3. The minimum Gasteiger partial charge on any atom is -0.369 e. The second-order valence-corrected chi connectivity index (χ2v) is 9.08. The zero-order valence-corrected chi connectivity index (χ0v) is 19.3. The first-order valence-corrected chi connectivity index (χ1v) is 10.9. The third kappa shape index (κ3) is 12.0. The van der Waals surface area contributed by atoms with E-state index in [1.54, 1.807) is 0 Å². The maximum absolute atomic E-state index is 12.6. The van der Waals surface area contributed by atoms with Gasteiger partial charge in [0.2, 0.25) is 5.91 Å². The number of Topliss-reactive ketones (excluding diaryl/α,β-unsaturated/α-hetero) is 1. The molecule has 1 saturated heterocycles. The molecule has 0 aromatic rings. The molecular formula is C20H39N7O4. The Morgan fingerprint density at radius 1 is 0.710 bits per heavy atom. The van der Waals surface area contributed by atoms with Crippen LogP contribution in [0.1, 0.15) is 20.8 Å². The van der Waals surface area contributed by atoms with Gasteiger partial charge in [-0.05, 0) is 0 Å². The summed E-state index contributed by atoms with van der Waals surface area (Å²) in [5.41, 5.74) is 5.01. The van der Waals surface area contributed by atoms with Gasteiger partial charge in [0.05, 0.1) is 26.2 Å². The van der Waals surface area contributed by atoms with Gasteiger partial charge in [0.15, 0.2) is 5.78 Å². The quantitative estimate of drug-likeness (QED) is 0.463. The standard InChI is InChI=1S/C20H39N7O4/c1-20(2,3)18(28)16-26-12-10-24(6-4-22-30)8-9-25(7-5-23-31)11-13-27(15-14-26)17-19(21)29/h4-17H2,1-3H3,(H2,21,29). The van der Waals surface area contributed by atoms with Crippen molar-refractivity contribution in [1.82, 2.24) is 19.6 Å². The molecule has 11 heteroatoms. The minimum absolute atomic E-state index is 0.151. The fraction of sp³-hybridized carbons (Fsp3) is 0.900. The van der Waals surface area contributed by atoms with Crippen LogP contribution in [0.3, 0.4) is 0 Å². The Kier molecular flexibility index (Phi) is 12.5. The van der Waals surface area contributed by atoms with Gasteiger partial charge < -0.3 is 5.73 Å². The van der Waals surface area contributed by atoms with E-state index in [4.69, 9.17) is 5.73 Å². The summed E-state index contributed by atoms with van der Waals surface area (Å²) in [6.45, 7) is 13.1. The summed E-state index contributed by atoms with van der Waals surface area (Å²) in [5.74, 6) is -0.229. The van der Waals surface area contributed by atoms with Crippen LogP contribution in [-0.4, -0.2) is 123 Å². The zero-order chi connectivity index (χ0) is 23.3. The van der Waals surface area contributed by atoms with E-state index in [9.17, 15) is 19.4 Å². The lowest BCUT2D eigenvalue weighted by Gasteiger charge is -2.34. The van der Waals surface area contributed by atoms with Gasteiger partial charge in [0.1, 0.15) is 0 Å². The Balaban J connectivity index is 2.93. The number of nitrogens with two attached hydrogens (primary N) is 1. The van der Waals surface area contributed by atoms with Crippen LogP contribution in [0.15, 0.2) is 10.4 Å². The van der Waals surface area contributed by atoms with Crippen LogP contribution >= 0.6 is 0 Å². The largest absolute Gasteiger partial charge is 0.369 e. The number of primary amides is 1. The maximum Gasteiger partial charge on any atom is 0.231 e. The highest BCUT2D eigenvalue weighted by Crippen LogP contribution is 2.15. The maximum atomic E-state index is 12.6. The summed E-state index contributed by atoms with van der Waals surface area (Å²) >= 11 is 0. The zero-order valence-electron chi connectivity index (χ0n) is 19.3. The topological polar surface area (TPSA) is 132 Å². The van der Waals surface area contributed by atoms with E-state index >= 15 is 0 Å². The van der Waals surface area contributed by atoms with E-state index in [1.807, 2.05) is 25.7 Å². The summed E-state index contributed by atoms with van der Waals surface area (Å²) in [7, 11) is 0. The number of rotatable bonds is 10. The molecule has 0 aromatic carbocycles. The smallest absolute Gasteiger partial charge is 0.231 e. The molecule has 0 unspecified atom stereocenters. The highest BCUT2D eigenvalue weighted by atomic mass is 16.3. The van der Waals surface area contributed by atoms with Gasteiger partial charge in [-0.15, -0.1) is 0 Å². The van der Waals surface area contributed by atoms with Gasteiger partial charge in [-0.25, -0.2) is 0 Å². The third-order valence-electron chi connectivity index (χ3n) is 5.53. The van der Waals surface area contributed by atoms with E-state index in [0.29, 0.717) is 72.0 Å². The fourth-order valence-corrected chi connectivity index (χ4v) is 3.37. The molecule has 31 heavy (non-hydrogen) atoms. The van der Waals surface area contributed by atoms with Gasteiger partial charge in [-0.2, -0.15) is 9.81 Å². The predicted molar refractivity (Wildman–Crippen MR) is 121 cm³/mol. The predicted octanol–water partition coefficient (Wildman–Crippen LogP) is -0.159. The monoisotopic (exact) mass is 441 g/mol. The van der Waals surface area contributed by atoms with Crippen molar-refractivity contribution in [2.75, 3.05) is 91.6 Å². The van der Waals surface area contributed by atoms with E-state index in [0.717, 1.165) is 0 Å². The molecule has 0 saturated carbocycles. The number of ketones is 1. The molecule has 0 spiro atoms. The van der Waals surface area contributed by atoms with Crippen molar-refractivity contribution < 1.29 is 9.59 Å². The van der Waals surface area contributed by atoms with Crippen molar-refractivity contribution >= 4 is 11.7 Å². The molecule has 0 atom stereocenters. The van der Waals surface area contributed by atoms with E-state index in [-0.39, 0.29) is 25.4 Å². The van der Waals surface area contributed by atoms with Crippen LogP contribution in [0, 0.1) is 15.2 Å². The highest BCUT2D eigenvalue weighted by molar-refractivity contribution is 5.85. The van der Waals surface area contributed by atoms with E-state index in [2.05, 4.69) is 25.1 Å². The number of hydrogen-bond donors (Lipinski definition) is 1.